The molecular weight excluding hydrogens is 324 g/mol. The minimum atomic E-state index is -0.557. The number of amides is 1. The number of phenolic OH excluding ortho intramolecular Hbond substituents is 1. The third kappa shape index (κ3) is 2.79. The molecule has 0 saturated heterocycles. The first-order valence-corrected chi connectivity index (χ1v) is 6.76. The van der Waals surface area contributed by atoms with E-state index in [9.17, 15) is 20.0 Å². The summed E-state index contributed by atoms with van der Waals surface area (Å²) in [6.07, 6.45) is 0. The lowest BCUT2D eigenvalue weighted by Crippen LogP contribution is -2.12. The molecule has 116 valence electrons. The van der Waals surface area contributed by atoms with Gasteiger partial charge in [-0.25, -0.2) is 0 Å². The van der Waals surface area contributed by atoms with Gasteiger partial charge in [0.1, 0.15) is 5.75 Å². The Labute approximate surface area is 133 Å². The van der Waals surface area contributed by atoms with Crippen molar-refractivity contribution in [3.63, 3.8) is 0 Å². The molecule has 0 unspecified atom stereocenters. The Morgan fingerprint density at radius 1 is 1.30 bits per heavy atom. The Morgan fingerprint density at radius 3 is 2.78 bits per heavy atom. The summed E-state index contributed by atoms with van der Waals surface area (Å²) in [5.41, 5.74) is 0.748. The Balaban J connectivity index is 1.95. The number of non-ortho nitro benzene ring substituents is 1. The van der Waals surface area contributed by atoms with E-state index < -0.39 is 10.8 Å². The average molecular weight is 333 g/mol. The van der Waals surface area contributed by atoms with E-state index in [1.54, 1.807) is 0 Å². The number of hydrogen-bond donors (Lipinski definition) is 3. The van der Waals surface area contributed by atoms with Gasteiger partial charge in [0.25, 0.3) is 11.6 Å². The lowest BCUT2D eigenvalue weighted by molar-refractivity contribution is -0.384. The van der Waals surface area contributed by atoms with E-state index in [-0.39, 0.29) is 22.2 Å². The molecule has 8 nitrogen and oxygen atoms in total. The minimum Gasteiger partial charge on any atom is -0.506 e. The smallest absolute Gasteiger partial charge is 0.276 e. The summed E-state index contributed by atoms with van der Waals surface area (Å²) in [4.78, 5) is 22.6. The van der Waals surface area contributed by atoms with Crippen LogP contribution in [-0.4, -0.2) is 26.1 Å². The molecule has 1 amide bonds. The van der Waals surface area contributed by atoms with Crippen LogP contribution in [-0.2, 0) is 0 Å². The summed E-state index contributed by atoms with van der Waals surface area (Å²) in [6, 6.07) is 8.27. The molecule has 0 fully saturated rings. The number of fused-ring (bicyclic) bond motifs is 1. The highest BCUT2D eigenvalue weighted by Crippen LogP contribution is 2.27. The number of carbonyl (C=O) groups excluding carboxylic acids is 1. The molecular formula is C14H9ClN4O4. The quantitative estimate of drug-likeness (QED) is 0.386. The first kappa shape index (κ1) is 14.8. The number of aromatic amines is 1. The van der Waals surface area contributed by atoms with Crippen LogP contribution >= 0.6 is 11.6 Å². The Hall–Kier alpha value is -3.13. The van der Waals surface area contributed by atoms with Crippen LogP contribution in [0.25, 0.3) is 10.9 Å². The fourth-order valence-electron chi connectivity index (χ4n) is 2.06. The van der Waals surface area contributed by atoms with Crippen molar-refractivity contribution < 1.29 is 14.8 Å². The summed E-state index contributed by atoms with van der Waals surface area (Å²) in [5, 5.41) is 29.7. The molecule has 0 aliphatic carbocycles. The largest absolute Gasteiger partial charge is 0.506 e. The average Bonchev–Trinajstić information content (AvgIpc) is 2.94. The number of carbonyl (C=O) groups is 1. The van der Waals surface area contributed by atoms with Crippen molar-refractivity contribution in [1.82, 2.24) is 10.2 Å². The number of rotatable bonds is 3. The maximum Gasteiger partial charge on any atom is 0.276 e. The Morgan fingerprint density at radius 2 is 2.09 bits per heavy atom. The normalized spacial score (nSPS) is 10.7. The second kappa shape index (κ2) is 5.58. The van der Waals surface area contributed by atoms with Crippen LogP contribution < -0.4 is 5.32 Å². The summed E-state index contributed by atoms with van der Waals surface area (Å²) in [7, 11) is 0. The minimum absolute atomic E-state index is 0.0212. The number of H-pyrrole nitrogens is 1. The molecule has 0 aliphatic heterocycles. The number of anilines is 1. The number of nitrogens with one attached hydrogen (secondary N) is 2. The van der Waals surface area contributed by atoms with E-state index in [0.717, 1.165) is 0 Å². The van der Waals surface area contributed by atoms with Crippen molar-refractivity contribution in [2.24, 2.45) is 0 Å². The molecule has 3 rings (SSSR count). The maximum atomic E-state index is 12.3. The third-order valence-electron chi connectivity index (χ3n) is 3.18. The van der Waals surface area contributed by atoms with E-state index >= 15 is 0 Å². The van der Waals surface area contributed by atoms with Crippen molar-refractivity contribution in [3.05, 3.63) is 57.2 Å². The summed E-state index contributed by atoms with van der Waals surface area (Å²) < 4.78 is 0. The Kier molecular flexibility index (Phi) is 3.59. The van der Waals surface area contributed by atoms with Crippen LogP contribution in [0.2, 0.25) is 5.02 Å². The lowest BCUT2D eigenvalue weighted by atomic mass is 10.2. The van der Waals surface area contributed by atoms with Gasteiger partial charge in [0.05, 0.1) is 15.5 Å². The van der Waals surface area contributed by atoms with E-state index in [2.05, 4.69) is 15.5 Å². The highest BCUT2D eigenvalue weighted by atomic mass is 35.5. The summed E-state index contributed by atoms with van der Waals surface area (Å²) >= 11 is 5.77. The van der Waals surface area contributed by atoms with Gasteiger partial charge in [-0.05, 0) is 24.3 Å². The lowest BCUT2D eigenvalue weighted by Gasteiger charge is -2.05. The van der Waals surface area contributed by atoms with Gasteiger partial charge in [-0.2, -0.15) is 5.10 Å². The molecule has 0 saturated carbocycles. The number of nitro groups is 1. The van der Waals surface area contributed by atoms with Gasteiger partial charge >= 0.3 is 0 Å². The predicted molar refractivity (Wildman–Crippen MR) is 83.8 cm³/mol. The van der Waals surface area contributed by atoms with Crippen LogP contribution in [0.1, 0.15) is 10.5 Å². The topological polar surface area (TPSA) is 121 Å². The summed E-state index contributed by atoms with van der Waals surface area (Å²) in [6.45, 7) is 0. The predicted octanol–water partition coefficient (Wildman–Crippen LogP) is 3.08. The first-order valence-electron chi connectivity index (χ1n) is 6.38. The zero-order valence-corrected chi connectivity index (χ0v) is 12.2. The van der Waals surface area contributed by atoms with Gasteiger partial charge in [-0.15, -0.1) is 0 Å². The van der Waals surface area contributed by atoms with E-state index in [1.165, 1.54) is 36.4 Å². The molecule has 2 aromatic carbocycles. The fraction of sp³-hybridized carbons (Fsp3) is 0. The molecule has 0 atom stereocenters. The van der Waals surface area contributed by atoms with Crippen molar-refractivity contribution >= 4 is 39.8 Å². The molecule has 0 bridgehead atoms. The highest BCUT2D eigenvalue weighted by molar-refractivity contribution is 6.32. The molecule has 0 spiro atoms. The first-order chi connectivity index (χ1) is 11.0. The molecule has 9 heteroatoms. The standard InChI is InChI=1S/C14H9ClN4O4/c15-10-5-7(1-4-12(10)20)16-14(21)13-9-6-8(19(22)23)2-3-11(9)17-18-13/h1-6,20H,(H,16,21)(H,17,18). The zero-order valence-electron chi connectivity index (χ0n) is 11.4. The molecule has 1 heterocycles. The summed E-state index contributed by atoms with van der Waals surface area (Å²) in [5.74, 6) is -0.663. The number of nitrogens with zero attached hydrogens (tertiary/aromatic N) is 2. The van der Waals surface area contributed by atoms with Gasteiger partial charge in [0, 0.05) is 23.2 Å². The molecule has 1 aromatic heterocycles. The molecule has 3 aromatic rings. The number of nitro benzene ring substituents is 1. The third-order valence-corrected chi connectivity index (χ3v) is 3.48. The molecule has 3 N–H and O–H groups in total. The van der Waals surface area contributed by atoms with Gasteiger partial charge in [-0.3, -0.25) is 20.0 Å². The van der Waals surface area contributed by atoms with E-state index in [1.807, 2.05) is 0 Å². The monoisotopic (exact) mass is 332 g/mol. The highest BCUT2D eigenvalue weighted by Gasteiger charge is 2.17. The molecule has 23 heavy (non-hydrogen) atoms. The Bertz CT molecular complexity index is 938. The van der Waals surface area contributed by atoms with Crippen LogP contribution in [0.5, 0.6) is 5.75 Å². The van der Waals surface area contributed by atoms with E-state index in [4.69, 9.17) is 11.6 Å². The molecule has 0 aliphatic rings. The second-order valence-corrected chi connectivity index (χ2v) is 5.09. The fourth-order valence-corrected chi connectivity index (χ4v) is 2.24. The number of benzene rings is 2. The van der Waals surface area contributed by atoms with Gasteiger partial charge in [0.15, 0.2) is 5.69 Å². The van der Waals surface area contributed by atoms with Crippen molar-refractivity contribution in [1.29, 1.82) is 0 Å². The van der Waals surface area contributed by atoms with Gasteiger partial charge < -0.3 is 10.4 Å². The number of aromatic hydroxyl groups is 1. The number of aromatic nitrogens is 2. The van der Waals surface area contributed by atoms with Gasteiger partial charge in [0.2, 0.25) is 0 Å². The number of phenols is 1. The number of halogens is 1. The van der Waals surface area contributed by atoms with Crippen molar-refractivity contribution in [2.75, 3.05) is 5.32 Å². The van der Waals surface area contributed by atoms with Crippen LogP contribution in [0, 0.1) is 10.1 Å². The van der Waals surface area contributed by atoms with Crippen LogP contribution in [0.3, 0.4) is 0 Å². The van der Waals surface area contributed by atoms with Gasteiger partial charge in [-0.1, -0.05) is 11.6 Å². The molecule has 0 radical (unpaired) electrons. The van der Waals surface area contributed by atoms with Crippen LogP contribution in [0.4, 0.5) is 11.4 Å². The number of hydrogen-bond acceptors (Lipinski definition) is 5. The maximum absolute atomic E-state index is 12.3. The van der Waals surface area contributed by atoms with E-state index in [0.29, 0.717) is 16.6 Å². The van der Waals surface area contributed by atoms with Crippen LogP contribution in [0.15, 0.2) is 36.4 Å². The SMILES string of the molecule is O=C(Nc1ccc(O)c(Cl)c1)c1n[nH]c2ccc([N+](=O)[O-])cc12. The van der Waals surface area contributed by atoms with Crippen molar-refractivity contribution in [2.45, 2.75) is 0 Å². The zero-order chi connectivity index (χ0) is 16.6. The second-order valence-electron chi connectivity index (χ2n) is 4.68. The van der Waals surface area contributed by atoms with Crippen molar-refractivity contribution in [3.8, 4) is 5.75 Å².